The van der Waals surface area contributed by atoms with Crippen molar-refractivity contribution in [2.75, 3.05) is 6.54 Å². The number of para-hydroxylation sites is 1. The number of benzene rings is 3. The Labute approximate surface area is 170 Å². The average molecular weight is 380 g/mol. The van der Waals surface area contributed by atoms with Crippen LogP contribution in [0, 0.1) is 5.92 Å². The number of hydrogen-bond donors (Lipinski definition) is 2. The van der Waals surface area contributed by atoms with Gasteiger partial charge in [0.2, 0.25) is 5.91 Å². The second-order valence-electron chi connectivity index (χ2n) is 7.81. The van der Waals surface area contributed by atoms with Crippen molar-refractivity contribution in [3.8, 4) is 11.3 Å². The van der Waals surface area contributed by atoms with Gasteiger partial charge in [0.1, 0.15) is 0 Å². The second-order valence-corrected chi connectivity index (χ2v) is 7.81. The van der Waals surface area contributed by atoms with Gasteiger partial charge in [-0.2, -0.15) is 0 Å². The molecule has 29 heavy (non-hydrogen) atoms. The van der Waals surface area contributed by atoms with Gasteiger partial charge in [0, 0.05) is 29.3 Å². The summed E-state index contributed by atoms with van der Waals surface area (Å²) in [7, 11) is 0. The molecule has 3 nitrogen and oxygen atoms in total. The van der Waals surface area contributed by atoms with Gasteiger partial charge in [0.05, 0.1) is 5.69 Å². The Morgan fingerprint density at radius 3 is 2.28 bits per heavy atom. The molecular formula is C26H24N2O. The maximum atomic E-state index is 12.4. The summed E-state index contributed by atoms with van der Waals surface area (Å²) in [5.74, 6) is 0.472. The summed E-state index contributed by atoms with van der Waals surface area (Å²) < 4.78 is 0. The fraction of sp³-hybridized carbons (Fsp3) is 0.192. The number of carbonyl (C=O) groups is 1. The topological polar surface area (TPSA) is 44.9 Å². The van der Waals surface area contributed by atoms with Gasteiger partial charge >= 0.3 is 0 Å². The standard InChI is InChI=1S/C26H24N2O/c29-26(20-15-16-20)27-17-22(18-9-3-1-4-10-18)24-21-13-7-8-14-23(21)28-25(24)19-11-5-2-6-12-19/h1-14,20,22,28H,15-17H2,(H,27,29). The largest absolute Gasteiger partial charge is 0.355 e. The fourth-order valence-corrected chi connectivity index (χ4v) is 4.12. The summed E-state index contributed by atoms with van der Waals surface area (Å²) in [6, 6.07) is 29.4. The molecule has 5 rings (SSSR count). The Morgan fingerprint density at radius 2 is 1.55 bits per heavy atom. The van der Waals surface area contributed by atoms with E-state index in [9.17, 15) is 4.79 Å². The second kappa shape index (κ2) is 7.59. The van der Waals surface area contributed by atoms with Crippen LogP contribution in [0.1, 0.15) is 29.9 Å². The van der Waals surface area contributed by atoms with Crippen molar-refractivity contribution in [1.29, 1.82) is 0 Å². The number of aromatic nitrogens is 1. The molecule has 4 aromatic rings. The maximum Gasteiger partial charge on any atom is 0.223 e. The molecule has 1 saturated carbocycles. The first-order chi connectivity index (χ1) is 14.3. The molecule has 1 aliphatic carbocycles. The number of hydrogen-bond acceptors (Lipinski definition) is 1. The van der Waals surface area contributed by atoms with E-state index in [0.29, 0.717) is 6.54 Å². The van der Waals surface area contributed by atoms with Gasteiger partial charge in [0.15, 0.2) is 0 Å². The van der Waals surface area contributed by atoms with Crippen molar-refractivity contribution in [2.45, 2.75) is 18.8 Å². The number of rotatable bonds is 6. The molecule has 1 aromatic heterocycles. The fourth-order valence-electron chi connectivity index (χ4n) is 4.12. The molecule has 1 fully saturated rings. The highest BCUT2D eigenvalue weighted by atomic mass is 16.2. The van der Waals surface area contributed by atoms with Crippen molar-refractivity contribution in [3.63, 3.8) is 0 Å². The number of H-pyrrole nitrogens is 1. The Hall–Kier alpha value is -3.33. The normalized spacial score (nSPS) is 14.6. The lowest BCUT2D eigenvalue weighted by atomic mass is 9.87. The lowest BCUT2D eigenvalue weighted by Crippen LogP contribution is -2.30. The lowest BCUT2D eigenvalue weighted by Gasteiger charge is -2.20. The van der Waals surface area contributed by atoms with Crippen LogP contribution in [0.25, 0.3) is 22.2 Å². The number of aromatic amines is 1. The van der Waals surface area contributed by atoms with Crippen molar-refractivity contribution in [3.05, 3.63) is 96.1 Å². The molecule has 1 atom stereocenters. The molecular weight excluding hydrogens is 356 g/mol. The summed E-state index contributed by atoms with van der Waals surface area (Å²) in [6.45, 7) is 0.598. The van der Waals surface area contributed by atoms with Crippen LogP contribution in [0.2, 0.25) is 0 Å². The maximum absolute atomic E-state index is 12.4. The highest BCUT2D eigenvalue weighted by Crippen LogP contribution is 2.38. The average Bonchev–Trinajstić information content (AvgIpc) is 3.57. The molecule has 0 bridgehead atoms. The molecule has 144 valence electrons. The van der Waals surface area contributed by atoms with E-state index in [-0.39, 0.29) is 17.7 Å². The monoisotopic (exact) mass is 380 g/mol. The Balaban J connectivity index is 1.65. The number of amides is 1. The van der Waals surface area contributed by atoms with E-state index >= 15 is 0 Å². The molecule has 1 amide bonds. The molecule has 1 heterocycles. The van der Waals surface area contributed by atoms with E-state index in [0.717, 1.165) is 29.6 Å². The van der Waals surface area contributed by atoms with E-state index in [4.69, 9.17) is 0 Å². The number of fused-ring (bicyclic) bond motifs is 1. The van der Waals surface area contributed by atoms with Crippen LogP contribution < -0.4 is 5.32 Å². The SMILES string of the molecule is O=C(NCC(c1ccccc1)c1c(-c2ccccc2)[nH]c2ccccc12)C1CC1. The van der Waals surface area contributed by atoms with Gasteiger partial charge in [-0.15, -0.1) is 0 Å². The zero-order chi connectivity index (χ0) is 19.6. The van der Waals surface area contributed by atoms with E-state index in [2.05, 4.69) is 83.1 Å². The Bertz CT molecular complexity index is 1130. The van der Waals surface area contributed by atoms with Crippen LogP contribution in [0.3, 0.4) is 0 Å². The molecule has 0 aliphatic heterocycles. The third-order valence-electron chi connectivity index (χ3n) is 5.79. The van der Waals surface area contributed by atoms with Crippen LogP contribution in [0.4, 0.5) is 0 Å². The van der Waals surface area contributed by atoms with Crippen LogP contribution in [-0.2, 0) is 4.79 Å². The van der Waals surface area contributed by atoms with E-state index in [1.165, 1.54) is 16.5 Å². The molecule has 1 unspecified atom stereocenters. The Morgan fingerprint density at radius 1 is 0.897 bits per heavy atom. The van der Waals surface area contributed by atoms with Gasteiger partial charge in [-0.25, -0.2) is 0 Å². The first-order valence-corrected chi connectivity index (χ1v) is 10.3. The number of carbonyl (C=O) groups excluding carboxylic acids is 1. The molecule has 3 heteroatoms. The lowest BCUT2D eigenvalue weighted by molar-refractivity contribution is -0.122. The van der Waals surface area contributed by atoms with Gasteiger partial charge in [-0.3, -0.25) is 4.79 Å². The first kappa shape index (κ1) is 17.7. The summed E-state index contributed by atoms with van der Waals surface area (Å²) in [5, 5.41) is 4.43. The quantitative estimate of drug-likeness (QED) is 0.456. The van der Waals surface area contributed by atoms with Gasteiger partial charge in [-0.05, 0) is 35.6 Å². The van der Waals surface area contributed by atoms with Crippen LogP contribution >= 0.6 is 0 Å². The highest BCUT2D eigenvalue weighted by Gasteiger charge is 2.31. The molecule has 1 aliphatic rings. The molecule has 0 radical (unpaired) electrons. The van der Waals surface area contributed by atoms with Crippen molar-refractivity contribution in [1.82, 2.24) is 10.3 Å². The predicted octanol–water partition coefficient (Wildman–Crippen LogP) is 5.49. The van der Waals surface area contributed by atoms with E-state index in [1.54, 1.807) is 0 Å². The van der Waals surface area contributed by atoms with Crippen LogP contribution in [0.15, 0.2) is 84.9 Å². The van der Waals surface area contributed by atoms with Gasteiger partial charge in [0.25, 0.3) is 0 Å². The summed E-state index contributed by atoms with van der Waals surface area (Å²) in [5.41, 5.74) is 5.87. The minimum absolute atomic E-state index is 0.0743. The highest BCUT2D eigenvalue weighted by molar-refractivity contribution is 5.92. The van der Waals surface area contributed by atoms with Crippen molar-refractivity contribution in [2.24, 2.45) is 5.92 Å². The molecule has 3 aromatic carbocycles. The zero-order valence-corrected chi connectivity index (χ0v) is 16.3. The van der Waals surface area contributed by atoms with Crippen LogP contribution in [0.5, 0.6) is 0 Å². The van der Waals surface area contributed by atoms with E-state index in [1.807, 2.05) is 12.1 Å². The van der Waals surface area contributed by atoms with Gasteiger partial charge < -0.3 is 10.3 Å². The first-order valence-electron chi connectivity index (χ1n) is 10.3. The molecule has 2 N–H and O–H groups in total. The van der Waals surface area contributed by atoms with Gasteiger partial charge in [-0.1, -0.05) is 78.9 Å². The molecule has 0 spiro atoms. The molecule has 0 saturated heterocycles. The smallest absolute Gasteiger partial charge is 0.223 e. The summed E-state index contributed by atoms with van der Waals surface area (Å²) in [4.78, 5) is 16.1. The summed E-state index contributed by atoms with van der Waals surface area (Å²) in [6.07, 6.45) is 2.04. The third-order valence-corrected chi connectivity index (χ3v) is 5.79. The Kier molecular flexibility index (Phi) is 4.65. The summed E-state index contributed by atoms with van der Waals surface area (Å²) >= 11 is 0. The minimum Gasteiger partial charge on any atom is -0.355 e. The number of nitrogens with one attached hydrogen (secondary N) is 2. The minimum atomic E-state index is 0.0743. The van der Waals surface area contributed by atoms with Crippen molar-refractivity contribution >= 4 is 16.8 Å². The predicted molar refractivity (Wildman–Crippen MR) is 118 cm³/mol. The zero-order valence-electron chi connectivity index (χ0n) is 16.3. The van der Waals surface area contributed by atoms with Crippen molar-refractivity contribution < 1.29 is 4.79 Å². The third kappa shape index (κ3) is 3.56. The van der Waals surface area contributed by atoms with Crippen LogP contribution in [-0.4, -0.2) is 17.4 Å². The van der Waals surface area contributed by atoms with E-state index < -0.39 is 0 Å².